The number of ether oxygens (including phenoxy) is 1. The van der Waals surface area contributed by atoms with Gasteiger partial charge in [0.2, 0.25) is 0 Å². The molecule has 0 amide bonds. The molecule has 0 spiro atoms. The molecule has 0 saturated carbocycles. The highest BCUT2D eigenvalue weighted by atomic mass is 16.6. The minimum Gasteiger partial charge on any atom is -0.423 e. The van der Waals surface area contributed by atoms with Gasteiger partial charge in [-0.1, -0.05) is 42.5 Å². The fourth-order valence-corrected chi connectivity index (χ4v) is 2.60. The summed E-state index contributed by atoms with van der Waals surface area (Å²) in [5.74, 6) is -0.354. The molecule has 0 bridgehead atoms. The molecule has 0 aromatic heterocycles. The second-order valence-corrected chi connectivity index (χ2v) is 6.29. The van der Waals surface area contributed by atoms with Gasteiger partial charge in [0.05, 0.1) is 22.1 Å². The van der Waals surface area contributed by atoms with Gasteiger partial charge in [-0.25, -0.2) is 4.79 Å². The van der Waals surface area contributed by atoms with Gasteiger partial charge in [0.25, 0.3) is 5.69 Å². The Bertz CT molecular complexity index is 1210. The number of hydrogen-bond donors (Lipinski definition) is 1. The van der Waals surface area contributed by atoms with Crippen molar-refractivity contribution in [1.29, 1.82) is 0 Å². The van der Waals surface area contributed by atoms with Gasteiger partial charge in [-0.2, -0.15) is 5.10 Å². The van der Waals surface area contributed by atoms with Crippen molar-refractivity contribution in [3.05, 3.63) is 110 Å². The minimum absolute atomic E-state index is 0.0304. The zero-order chi connectivity index (χ0) is 22.9. The molecular formula is C22H16N4O6. The van der Waals surface area contributed by atoms with Gasteiger partial charge < -0.3 is 4.74 Å². The number of non-ortho nitro benzene ring substituents is 1. The van der Waals surface area contributed by atoms with Crippen molar-refractivity contribution in [2.24, 2.45) is 5.10 Å². The number of hydrogen-bond acceptors (Lipinski definition) is 8. The predicted octanol–water partition coefficient (Wildman–Crippen LogP) is 4.57. The first-order valence-corrected chi connectivity index (χ1v) is 9.20. The number of carbonyl (C=O) groups is 1. The van der Waals surface area contributed by atoms with E-state index in [1.54, 1.807) is 30.3 Å². The van der Waals surface area contributed by atoms with Crippen LogP contribution in [0, 0.1) is 20.2 Å². The smallest absolute Gasteiger partial charge is 0.336 e. The third-order valence-electron chi connectivity index (χ3n) is 4.12. The molecular weight excluding hydrogens is 416 g/mol. The van der Waals surface area contributed by atoms with E-state index in [2.05, 4.69) is 10.5 Å². The normalized spacial score (nSPS) is 10.9. The summed E-state index contributed by atoms with van der Waals surface area (Å²) < 4.78 is 5.35. The van der Waals surface area contributed by atoms with E-state index in [9.17, 15) is 25.0 Å². The highest BCUT2D eigenvalue weighted by molar-refractivity contribution is 5.91. The van der Waals surface area contributed by atoms with Gasteiger partial charge in [0.15, 0.2) is 0 Å². The van der Waals surface area contributed by atoms with Crippen LogP contribution in [0.3, 0.4) is 0 Å². The topological polar surface area (TPSA) is 137 Å². The number of nitro groups is 2. The highest BCUT2D eigenvalue weighted by Crippen LogP contribution is 2.29. The molecule has 32 heavy (non-hydrogen) atoms. The zero-order valence-electron chi connectivity index (χ0n) is 16.5. The molecule has 3 rings (SSSR count). The van der Waals surface area contributed by atoms with Crippen LogP contribution in [-0.2, 0) is 4.79 Å². The number of benzene rings is 3. The first-order valence-electron chi connectivity index (χ1n) is 9.20. The standard InChI is InChI=1S/C22H16N4O6/c27-22(13-10-16-6-2-1-3-7-16)32-21-9-5-4-8-17(21)15-23-24-19-12-11-18(25(28)29)14-20(19)26(30)31/h1-15,24H/b13-10+,23-15+. The summed E-state index contributed by atoms with van der Waals surface area (Å²) in [7, 11) is 0. The average molecular weight is 432 g/mol. The van der Waals surface area contributed by atoms with Gasteiger partial charge in [-0.3, -0.25) is 25.7 Å². The average Bonchev–Trinajstić information content (AvgIpc) is 2.79. The van der Waals surface area contributed by atoms with Crippen LogP contribution in [0.1, 0.15) is 11.1 Å². The number of carbonyl (C=O) groups excluding carboxylic acids is 1. The van der Waals surface area contributed by atoms with Crippen LogP contribution >= 0.6 is 0 Å². The molecule has 10 nitrogen and oxygen atoms in total. The number of nitrogens with zero attached hydrogens (tertiary/aromatic N) is 3. The Morgan fingerprint density at radius 1 is 0.938 bits per heavy atom. The molecule has 0 fully saturated rings. The SMILES string of the molecule is O=C(/C=C/c1ccccc1)Oc1ccccc1/C=N/Nc1ccc([N+](=O)[O-])cc1[N+](=O)[O-]. The molecule has 10 heteroatoms. The number of anilines is 1. The van der Waals surface area contributed by atoms with E-state index in [0.29, 0.717) is 5.56 Å². The number of rotatable bonds is 8. The van der Waals surface area contributed by atoms with Gasteiger partial charge >= 0.3 is 11.7 Å². The zero-order valence-corrected chi connectivity index (χ0v) is 16.5. The van der Waals surface area contributed by atoms with Crippen LogP contribution in [0.4, 0.5) is 17.1 Å². The van der Waals surface area contributed by atoms with Gasteiger partial charge in [-0.05, 0) is 29.8 Å². The van der Waals surface area contributed by atoms with Crippen LogP contribution in [-0.4, -0.2) is 22.0 Å². The van der Waals surface area contributed by atoms with Crippen LogP contribution in [0.15, 0.2) is 84.0 Å². The van der Waals surface area contributed by atoms with Crippen LogP contribution < -0.4 is 10.2 Å². The summed E-state index contributed by atoms with van der Waals surface area (Å²) in [5.41, 5.74) is 2.83. The quantitative estimate of drug-likeness (QED) is 0.137. The van der Waals surface area contributed by atoms with Gasteiger partial charge in [0.1, 0.15) is 11.4 Å². The van der Waals surface area contributed by atoms with E-state index >= 15 is 0 Å². The molecule has 0 atom stereocenters. The lowest BCUT2D eigenvalue weighted by Gasteiger charge is -2.05. The minimum atomic E-state index is -0.750. The third-order valence-corrected chi connectivity index (χ3v) is 4.12. The Labute approximate surface area is 181 Å². The molecule has 0 aliphatic carbocycles. The van der Waals surface area contributed by atoms with Crippen molar-refractivity contribution in [1.82, 2.24) is 0 Å². The maximum Gasteiger partial charge on any atom is 0.336 e. The summed E-state index contributed by atoms with van der Waals surface area (Å²) in [6.07, 6.45) is 4.23. The Hall–Kier alpha value is -4.86. The third kappa shape index (κ3) is 5.83. The van der Waals surface area contributed by atoms with Crippen molar-refractivity contribution in [2.75, 3.05) is 5.43 Å². The maximum atomic E-state index is 12.1. The lowest BCUT2D eigenvalue weighted by atomic mass is 10.2. The van der Waals surface area contributed by atoms with E-state index in [4.69, 9.17) is 4.74 Å². The number of nitrogens with one attached hydrogen (secondary N) is 1. The van der Waals surface area contributed by atoms with Gasteiger partial charge in [-0.15, -0.1) is 0 Å². The molecule has 0 aliphatic rings. The molecule has 3 aromatic carbocycles. The molecule has 3 aromatic rings. The molecule has 0 aliphatic heterocycles. The largest absolute Gasteiger partial charge is 0.423 e. The highest BCUT2D eigenvalue weighted by Gasteiger charge is 2.19. The van der Waals surface area contributed by atoms with E-state index in [1.807, 2.05) is 30.3 Å². The van der Waals surface area contributed by atoms with Crippen molar-refractivity contribution in [2.45, 2.75) is 0 Å². The summed E-state index contributed by atoms with van der Waals surface area (Å²) >= 11 is 0. The summed E-state index contributed by atoms with van der Waals surface area (Å²) in [6.45, 7) is 0. The Balaban J connectivity index is 1.72. The first-order chi connectivity index (χ1) is 15.4. The van der Waals surface area contributed by atoms with Crippen LogP contribution in [0.5, 0.6) is 5.75 Å². The Morgan fingerprint density at radius 2 is 1.66 bits per heavy atom. The number of esters is 1. The summed E-state index contributed by atoms with van der Waals surface area (Å²) in [6, 6.07) is 19.0. The molecule has 0 heterocycles. The molecule has 160 valence electrons. The summed E-state index contributed by atoms with van der Waals surface area (Å²) in [4.78, 5) is 32.7. The number of hydrazone groups is 1. The molecule has 0 unspecified atom stereocenters. The van der Waals surface area contributed by atoms with E-state index in [1.165, 1.54) is 18.4 Å². The molecule has 0 saturated heterocycles. The van der Waals surface area contributed by atoms with Crippen molar-refractivity contribution in [3.8, 4) is 5.75 Å². The Kier molecular flexibility index (Phi) is 7.00. The van der Waals surface area contributed by atoms with Crippen molar-refractivity contribution >= 4 is 35.3 Å². The van der Waals surface area contributed by atoms with E-state index in [0.717, 1.165) is 17.7 Å². The lowest BCUT2D eigenvalue weighted by molar-refractivity contribution is -0.393. The second-order valence-electron chi connectivity index (χ2n) is 6.29. The number of nitro benzene ring substituents is 2. The second kappa shape index (κ2) is 10.3. The van der Waals surface area contributed by atoms with Crippen molar-refractivity contribution < 1.29 is 19.4 Å². The molecule has 1 N–H and O–H groups in total. The van der Waals surface area contributed by atoms with E-state index < -0.39 is 27.2 Å². The van der Waals surface area contributed by atoms with Crippen LogP contribution in [0.2, 0.25) is 0 Å². The fourth-order valence-electron chi connectivity index (χ4n) is 2.60. The first kappa shape index (κ1) is 21.8. The van der Waals surface area contributed by atoms with Crippen molar-refractivity contribution in [3.63, 3.8) is 0 Å². The lowest BCUT2D eigenvalue weighted by Crippen LogP contribution is -2.06. The Morgan fingerprint density at radius 3 is 2.38 bits per heavy atom. The van der Waals surface area contributed by atoms with Crippen LogP contribution in [0.25, 0.3) is 6.08 Å². The molecule has 0 radical (unpaired) electrons. The summed E-state index contributed by atoms with van der Waals surface area (Å²) in [5, 5.41) is 26.0. The monoisotopic (exact) mass is 432 g/mol. The predicted molar refractivity (Wildman–Crippen MR) is 119 cm³/mol. The maximum absolute atomic E-state index is 12.1. The number of para-hydroxylation sites is 1. The fraction of sp³-hybridized carbons (Fsp3) is 0. The van der Waals surface area contributed by atoms with Gasteiger partial charge in [0, 0.05) is 17.7 Å². The van der Waals surface area contributed by atoms with E-state index in [-0.39, 0.29) is 11.4 Å².